The number of hydrogen-bond donors (Lipinski definition) is 1. The highest BCUT2D eigenvalue weighted by atomic mass is 16.5. The summed E-state index contributed by atoms with van der Waals surface area (Å²) in [6.45, 7) is 6.08. The number of nitriles is 2. The number of benzene rings is 4. The SMILES string of the molecule is CC(C)(C)Oc1ccc(/C=C/c2ccc(-c3cc(-c4ccccc4)c(C#N)c(N)c3C#N)cc2)cc1. The molecule has 0 aromatic heterocycles. The summed E-state index contributed by atoms with van der Waals surface area (Å²) in [4.78, 5) is 0. The molecule has 0 radical (unpaired) electrons. The molecule has 0 atom stereocenters. The van der Waals surface area contributed by atoms with Gasteiger partial charge in [-0.2, -0.15) is 10.5 Å². The molecule has 176 valence electrons. The van der Waals surface area contributed by atoms with Crippen LogP contribution in [0.2, 0.25) is 0 Å². The maximum atomic E-state index is 9.83. The summed E-state index contributed by atoms with van der Waals surface area (Å²) in [6, 6.07) is 31.8. The molecule has 0 amide bonds. The van der Waals surface area contributed by atoms with Crippen molar-refractivity contribution in [3.05, 3.63) is 107 Å². The van der Waals surface area contributed by atoms with Crippen LogP contribution in [0.15, 0.2) is 84.9 Å². The molecule has 0 unspecified atom stereocenters. The van der Waals surface area contributed by atoms with Crippen molar-refractivity contribution >= 4 is 17.8 Å². The van der Waals surface area contributed by atoms with Gasteiger partial charge in [0, 0.05) is 11.1 Å². The van der Waals surface area contributed by atoms with Crippen molar-refractivity contribution in [3.63, 3.8) is 0 Å². The lowest BCUT2D eigenvalue weighted by atomic mass is 9.89. The van der Waals surface area contributed by atoms with E-state index in [2.05, 4.69) is 12.1 Å². The van der Waals surface area contributed by atoms with Crippen LogP contribution in [0, 0.1) is 22.7 Å². The number of nitrogen functional groups attached to an aromatic ring is 1. The Balaban J connectivity index is 1.63. The summed E-state index contributed by atoms with van der Waals surface area (Å²) in [5, 5.41) is 19.6. The molecule has 4 aromatic carbocycles. The van der Waals surface area contributed by atoms with E-state index in [9.17, 15) is 10.5 Å². The van der Waals surface area contributed by atoms with Gasteiger partial charge in [0.25, 0.3) is 0 Å². The topological polar surface area (TPSA) is 82.8 Å². The molecule has 4 rings (SSSR count). The van der Waals surface area contributed by atoms with Crippen LogP contribution in [0.5, 0.6) is 5.75 Å². The highest BCUT2D eigenvalue weighted by molar-refractivity contribution is 5.89. The largest absolute Gasteiger partial charge is 0.488 e. The van der Waals surface area contributed by atoms with Gasteiger partial charge < -0.3 is 10.5 Å². The molecule has 4 heteroatoms. The summed E-state index contributed by atoms with van der Waals surface area (Å²) < 4.78 is 5.88. The first kappa shape index (κ1) is 24.3. The molecule has 0 fully saturated rings. The van der Waals surface area contributed by atoms with Gasteiger partial charge in [-0.15, -0.1) is 0 Å². The van der Waals surface area contributed by atoms with E-state index in [-0.39, 0.29) is 11.3 Å². The number of hydrogen-bond acceptors (Lipinski definition) is 4. The lowest BCUT2D eigenvalue weighted by Gasteiger charge is -2.21. The van der Waals surface area contributed by atoms with Gasteiger partial charge in [-0.3, -0.25) is 0 Å². The Kier molecular flexibility index (Phi) is 6.91. The smallest absolute Gasteiger partial charge is 0.120 e. The lowest BCUT2D eigenvalue weighted by molar-refractivity contribution is 0.131. The van der Waals surface area contributed by atoms with Crippen molar-refractivity contribution in [2.24, 2.45) is 0 Å². The number of ether oxygens (including phenoxy) is 1. The average molecular weight is 470 g/mol. The minimum Gasteiger partial charge on any atom is -0.488 e. The van der Waals surface area contributed by atoms with E-state index in [1.54, 1.807) is 0 Å². The Bertz CT molecular complexity index is 1480. The quantitative estimate of drug-likeness (QED) is 0.240. The molecular weight excluding hydrogens is 442 g/mol. The second-order valence-corrected chi connectivity index (χ2v) is 9.46. The molecule has 0 spiro atoms. The van der Waals surface area contributed by atoms with Crippen LogP contribution in [-0.4, -0.2) is 5.60 Å². The lowest BCUT2D eigenvalue weighted by Crippen LogP contribution is -2.22. The Morgan fingerprint density at radius 2 is 1.17 bits per heavy atom. The first-order chi connectivity index (χ1) is 17.3. The molecular formula is C32H27N3O. The third-order valence-electron chi connectivity index (χ3n) is 5.67. The normalized spacial score (nSPS) is 11.1. The van der Waals surface area contributed by atoms with Crippen LogP contribution in [0.3, 0.4) is 0 Å². The van der Waals surface area contributed by atoms with E-state index in [1.807, 2.05) is 118 Å². The van der Waals surface area contributed by atoms with E-state index >= 15 is 0 Å². The molecule has 4 nitrogen and oxygen atoms in total. The fourth-order valence-electron chi connectivity index (χ4n) is 3.98. The van der Waals surface area contributed by atoms with E-state index in [1.165, 1.54) is 0 Å². The predicted molar refractivity (Wildman–Crippen MR) is 147 cm³/mol. The summed E-state index contributed by atoms with van der Waals surface area (Å²) in [5.41, 5.74) is 12.2. The van der Waals surface area contributed by atoms with Crippen molar-refractivity contribution in [2.45, 2.75) is 26.4 Å². The highest BCUT2D eigenvalue weighted by Gasteiger charge is 2.18. The van der Waals surface area contributed by atoms with Gasteiger partial charge in [-0.1, -0.05) is 78.9 Å². The van der Waals surface area contributed by atoms with Crippen LogP contribution in [0.25, 0.3) is 34.4 Å². The molecule has 0 bridgehead atoms. The second kappa shape index (κ2) is 10.2. The first-order valence-electron chi connectivity index (χ1n) is 11.7. The molecule has 0 heterocycles. The Morgan fingerprint density at radius 3 is 1.64 bits per heavy atom. The molecule has 4 aromatic rings. The third kappa shape index (κ3) is 5.46. The van der Waals surface area contributed by atoms with Crippen LogP contribution < -0.4 is 10.5 Å². The standard InChI is InChI=1S/C32H27N3O/c1-32(2,3)36-26-17-13-23(14-18-26)10-9-22-11-15-25(16-12-22)28-19-27(24-7-5-4-6-8-24)29(20-33)31(35)30(28)21-34/h4-19H,35H2,1-3H3/b10-9+. The minimum absolute atomic E-state index is 0.208. The summed E-state index contributed by atoms with van der Waals surface area (Å²) in [6.07, 6.45) is 4.08. The predicted octanol–water partition coefficient (Wildman–Crippen LogP) is 7.69. The maximum Gasteiger partial charge on any atom is 0.120 e. The fourth-order valence-corrected chi connectivity index (χ4v) is 3.98. The highest BCUT2D eigenvalue weighted by Crippen LogP contribution is 2.37. The van der Waals surface area contributed by atoms with Crippen LogP contribution in [-0.2, 0) is 0 Å². The monoisotopic (exact) mass is 469 g/mol. The second-order valence-electron chi connectivity index (χ2n) is 9.46. The Hall–Kier alpha value is -4.80. The van der Waals surface area contributed by atoms with E-state index in [0.717, 1.165) is 28.0 Å². The minimum atomic E-state index is -0.230. The molecule has 0 aliphatic heterocycles. The Labute approximate surface area is 212 Å². The van der Waals surface area contributed by atoms with Crippen molar-refractivity contribution in [3.8, 4) is 40.1 Å². The molecule has 0 saturated carbocycles. The Morgan fingerprint density at radius 1 is 0.694 bits per heavy atom. The molecule has 0 aliphatic carbocycles. The van der Waals surface area contributed by atoms with Gasteiger partial charge in [-0.25, -0.2) is 0 Å². The van der Waals surface area contributed by atoms with Gasteiger partial charge in [0.1, 0.15) is 23.5 Å². The van der Waals surface area contributed by atoms with Crippen LogP contribution >= 0.6 is 0 Å². The van der Waals surface area contributed by atoms with Crippen LogP contribution in [0.4, 0.5) is 5.69 Å². The zero-order valence-electron chi connectivity index (χ0n) is 20.6. The maximum absolute atomic E-state index is 9.83. The summed E-state index contributed by atoms with van der Waals surface area (Å²) in [7, 11) is 0. The van der Waals surface area contributed by atoms with Gasteiger partial charge in [-0.05, 0) is 61.2 Å². The van der Waals surface area contributed by atoms with Crippen LogP contribution in [0.1, 0.15) is 43.0 Å². The van der Waals surface area contributed by atoms with E-state index in [4.69, 9.17) is 10.5 Å². The third-order valence-corrected chi connectivity index (χ3v) is 5.67. The number of nitrogens with zero attached hydrogens (tertiary/aromatic N) is 2. The zero-order chi connectivity index (χ0) is 25.7. The molecule has 0 saturated heterocycles. The number of anilines is 1. The molecule has 0 aliphatic rings. The van der Waals surface area contributed by atoms with E-state index < -0.39 is 0 Å². The summed E-state index contributed by atoms with van der Waals surface area (Å²) in [5.74, 6) is 0.842. The van der Waals surface area contributed by atoms with Crippen molar-refractivity contribution in [2.75, 3.05) is 5.73 Å². The van der Waals surface area contributed by atoms with Crippen molar-refractivity contribution < 1.29 is 4.74 Å². The molecule has 36 heavy (non-hydrogen) atoms. The van der Waals surface area contributed by atoms with E-state index in [0.29, 0.717) is 22.3 Å². The fraction of sp³-hybridized carbons (Fsp3) is 0.125. The van der Waals surface area contributed by atoms with Gasteiger partial charge >= 0.3 is 0 Å². The van der Waals surface area contributed by atoms with Crippen molar-refractivity contribution in [1.82, 2.24) is 0 Å². The zero-order valence-corrected chi connectivity index (χ0v) is 20.6. The molecule has 2 N–H and O–H groups in total. The average Bonchev–Trinajstić information content (AvgIpc) is 2.87. The van der Waals surface area contributed by atoms with Crippen molar-refractivity contribution in [1.29, 1.82) is 10.5 Å². The first-order valence-corrected chi connectivity index (χ1v) is 11.7. The van der Waals surface area contributed by atoms with Gasteiger partial charge in [0.15, 0.2) is 0 Å². The summed E-state index contributed by atoms with van der Waals surface area (Å²) >= 11 is 0. The number of rotatable bonds is 5. The number of nitrogens with two attached hydrogens (primary N) is 1. The van der Waals surface area contributed by atoms with Gasteiger partial charge in [0.2, 0.25) is 0 Å². The van der Waals surface area contributed by atoms with Gasteiger partial charge in [0.05, 0.1) is 16.8 Å².